The monoisotopic (exact) mass is 417 g/mol. The van der Waals surface area contributed by atoms with Gasteiger partial charge < -0.3 is 14.8 Å². The lowest BCUT2D eigenvalue weighted by Gasteiger charge is -2.18. The highest BCUT2D eigenvalue weighted by molar-refractivity contribution is 5.83. The number of unbranched alkanes of at least 4 members (excludes halogenated alkanes) is 4. The second-order valence-electron chi connectivity index (χ2n) is 8.59. The Bertz CT molecular complexity index is 647. The van der Waals surface area contributed by atoms with Gasteiger partial charge >= 0.3 is 12.1 Å². The third kappa shape index (κ3) is 13.8. The molecule has 0 aliphatic rings. The van der Waals surface area contributed by atoms with E-state index >= 15 is 0 Å². The van der Waals surface area contributed by atoms with Gasteiger partial charge in [0.05, 0.1) is 0 Å². The molecule has 0 heterocycles. The first-order valence-corrected chi connectivity index (χ1v) is 11.2. The van der Waals surface area contributed by atoms with E-state index in [1.165, 1.54) is 19.3 Å². The Labute approximate surface area is 182 Å². The van der Waals surface area contributed by atoms with Gasteiger partial charge in [0.15, 0.2) is 0 Å². The number of amides is 1. The van der Waals surface area contributed by atoms with Crippen molar-refractivity contribution in [1.82, 2.24) is 5.32 Å². The first-order valence-electron chi connectivity index (χ1n) is 11.2. The Morgan fingerprint density at radius 2 is 1.63 bits per heavy atom. The van der Waals surface area contributed by atoms with Gasteiger partial charge in [-0.1, -0.05) is 62.1 Å². The Morgan fingerprint density at radius 3 is 2.27 bits per heavy atom. The summed E-state index contributed by atoms with van der Waals surface area (Å²) in [5.41, 5.74) is 1.62. The summed E-state index contributed by atoms with van der Waals surface area (Å²) in [7, 11) is 0. The molecule has 0 aromatic heterocycles. The SMILES string of the molecule is CCCCCC/C(=C\C(=O)OC(C)(C)C)CCCCNC(=O)OCc1ccccc1. The van der Waals surface area contributed by atoms with Crippen molar-refractivity contribution in [2.75, 3.05) is 6.54 Å². The van der Waals surface area contributed by atoms with Gasteiger partial charge in [-0.25, -0.2) is 9.59 Å². The van der Waals surface area contributed by atoms with E-state index in [0.29, 0.717) is 6.54 Å². The van der Waals surface area contributed by atoms with Crippen LogP contribution < -0.4 is 5.32 Å². The summed E-state index contributed by atoms with van der Waals surface area (Å²) in [6.45, 7) is 8.65. The van der Waals surface area contributed by atoms with Crippen LogP contribution in [0, 0.1) is 0 Å². The van der Waals surface area contributed by atoms with Gasteiger partial charge in [-0.2, -0.15) is 0 Å². The third-order valence-corrected chi connectivity index (χ3v) is 4.49. The zero-order valence-electron chi connectivity index (χ0n) is 19.2. The van der Waals surface area contributed by atoms with Crippen molar-refractivity contribution in [2.45, 2.75) is 91.3 Å². The standard InChI is InChI=1S/C25H39NO4/c1-5-6-7-9-14-21(19-23(27)30-25(2,3)4)15-12-13-18-26-24(28)29-20-22-16-10-8-11-17-22/h8,10-11,16-17,19H,5-7,9,12-15,18,20H2,1-4H3,(H,26,28)/b21-19+. The summed E-state index contributed by atoms with van der Waals surface area (Å²) < 4.78 is 10.6. The number of rotatable bonds is 13. The van der Waals surface area contributed by atoms with E-state index < -0.39 is 11.7 Å². The smallest absolute Gasteiger partial charge is 0.407 e. The van der Waals surface area contributed by atoms with E-state index in [9.17, 15) is 9.59 Å². The summed E-state index contributed by atoms with van der Waals surface area (Å²) in [5, 5.41) is 2.79. The molecule has 1 rings (SSSR count). The molecule has 5 nitrogen and oxygen atoms in total. The average molecular weight is 418 g/mol. The highest BCUT2D eigenvalue weighted by Gasteiger charge is 2.15. The number of allylic oxidation sites excluding steroid dienone is 1. The predicted octanol–water partition coefficient (Wildman–Crippen LogP) is 6.32. The highest BCUT2D eigenvalue weighted by Crippen LogP contribution is 2.18. The molecule has 5 heteroatoms. The van der Waals surface area contributed by atoms with Crippen LogP contribution in [0.2, 0.25) is 0 Å². The van der Waals surface area contributed by atoms with Crippen molar-refractivity contribution in [3.8, 4) is 0 Å². The van der Waals surface area contributed by atoms with E-state index in [1.54, 1.807) is 6.08 Å². The molecule has 1 N–H and O–H groups in total. The maximum Gasteiger partial charge on any atom is 0.407 e. The molecule has 1 aromatic carbocycles. The van der Waals surface area contributed by atoms with E-state index in [0.717, 1.165) is 43.2 Å². The van der Waals surface area contributed by atoms with Crippen molar-refractivity contribution in [3.05, 3.63) is 47.5 Å². The molecule has 0 unspecified atom stereocenters. The number of hydrogen-bond acceptors (Lipinski definition) is 4. The second kappa shape index (κ2) is 14.6. The largest absolute Gasteiger partial charge is 0.457 e. The summed E-state index contributed by atoms with van der Waals surface area (Å²) >= 11 is 0. The van der Waals surface area contributed by atoms with E-state index in [2.05, 4.69) is 12.2 Å². The number of hydrogen-bond donors (Lipinski definition) is 1. The fourth-order valence-corrected chi connectivity index (χ4v) is 2.99. The number of alkyl carbamates (subject to hydrolysis) is 1. The van der Waals surface area contributed by atoms with Crippen molar-refractivity contribution in [2.24, 2.45) is 0 Å². The first-order chi connectivity index (χ1) is 14.3. The van der Waals surface area contributed by atoms with E-state index in [4.69, 9.17) is 9.47 Å². The Kier molecular flexibility index (Phi) is 12.6. The maximum absolute atomic E-state index is 12.2. The molecule has 30 heavy (non-hydrogen) atoms. The zero-order valence-corrected chi connectivity index (χ0v) is 19.2. The Hall–Kier alpha value is -2.30. The van der Waals surface area contributed by atoms with Crippen LogP contribution in [0.3, 0.4) is 0 Å². The molecular formula is C25H39NO4. The van der Waals surface area contributed by atoms with E-state index in [1.807, 2.05) is 51.1 Å². The zero-order chi connectivity index (χ0) is 22.2. The Balaban J connectivity index is 2.33. The fourth-order valence-electron chi connectivity index (χ4n) is 2.99. The van der Waals surface area contributed by atoms with Crippen LogP contribution in [0.1, 0.15) is 84.6 Å². The molecule has 1 aromatic rings. The summed E-state index contributed by atoms with van der Waals surface area (Å²) in [5.74, 6) is -0.268. The summed E-state index contributed by atoms with van der Waals surface area (Å²) in [6.07, 6.45) is 9.44. The average Bonchev–Trinajstić information content (AvgIpc) is 2.68. The van der Waals surface area contributed by atoms with Crippen molar-refractivity contribution in [1.29, 1.82) is 0 Å². The lowest BCUT2D eigenvalue weighted by Crippen LogP contribution is -2.25. The topological polar surface area (TPSA) is 64.6 Å². The molecule has 1 amide bonds. The minimum atomic E-state index is -0.481. The summed E-state index contributed by atoms with van der Waals surface area (Å²) in [4.78, 5) is 23.9. The summed E-state index contributed by atoms with van der Waals surface area (Å²) in [6, 6.07) is 9.61. The first kappa shape index (κ1) is 25.7. The molecule has 0 fully saturated rings. The molecule has 168 valence electrons. The lowest BCUT2D eigenvalue weighted by molar-refractivity contribution is -0.148. The number of esters is 1. The van der Waals surface area contributed by atoms with Crippen LogP contribution >= 0.6 is 0 Å². The third-order valence-electron chi connectivity index (χ3n) is 4.49. The van der Waals surface area contributed by atoms with Crippen molar-refractivity contribution < 1.29 is 19.1 Å². The maximum atomic E-state index is 12.2. The van der Waals surface area contributed by atoms with Gasteiger partial charge in [-0.15, -0.1) is 0 Å². The van der Waals surface area contributed by atoms with Gasteiger partial charge in [-0.05, 0) is 58.4 Å². The van der Waals surface area contributed by atoms with Crippen LogP contribution in [-0.2, 0) is 20.9 Å². The van der Waals surface area contributed by atoms with Crippen LogP contribution in [0.5, 0.6) is 0 Å². The van der Waals surface area contributed by atoms with Crippen LogP contribution in [0.15, 0.2) is 42.0 Å². The molecule has 0 bridgehead atoms. The molecule has 0 radical (unpaired) electrons. The molecule has 0 aliphatic carbocycles. The number of ether oxygens (including phenoxy) is 2. The van der Waals surface area contributed by atoms with Crippen LogP contribution in [0.25, 0.3) is 0 Å². The predicted molar refractivity (Wildman–Crippen MR) is 121 cm³/mol. The highest BCUT2D eigenvalue weighted by atomic mass is 16.6. The van der Waals surface area contributed by atoms with Gasteiger partial charge in [0.1, 0.15) is 12.2 Å². The quantitative estimate of drug-likeness (QED) is 0.232. The fraction of sp³-hybridized carbons (Fsp3) is 0.600. The van der Waals surface area contributed by atoms with Crippen molar-refractivity contribution in [3.63, 3.8) is 0 Å². The van der Waals surface area contributed by atoms with Crippen LogP contribution in [-0.4, -0.2) is 24.2 Å². The molecule has 0 spiro atoms. The molecule has 0 saturated carbocycles. The van der Waals surface area contributed by atoms with Gasteiger partial charge in [0.2, 0.25) is 0 Å². The number of carbonyl (C=O) groups is 2. The van der Waals surface area contributed by atoms with E-state index in [-0.39, 0.29) is 12.6 Å². The molecule has 0 atom stereocenters. The second-order valence-corrected chi connectivity index (χ2v) is 8.59. The number of carbonyl (C=O) groups excluding carboxylic acids is 2. The lowest BCUT2D eigenvalue weighted by atomic mass is 10.0. The van der Waals surface area contributed by atoms with Gasteiger partial charge in [-0.3, -0.25) is 0 Å². The number of nitrogens with one attached hydrogen (secondary N) is 1. The van der Waals surface area contributed by atoms with Crippen molar-refractivity contribution >= 4 is 12.1 Å². The minimum absolute atomic E-state index is 0.268. The normalized spacial score (nSPS) is 11.8. The molecular weight excluding hydrogens is 378 g/mol. The Morgan fingerprint density at radius 1 is 0.967 bits per heavy atom. The minimum Gasteiger partial charge on any atom is -0.457 e. The van der Waals surface area contributed by atoms with Crippen LogP contribution in [0.4, 0.5) is 4.79 Å². The van der Waals surface area contributed by atoms with Gasteiger partial charge in [0, 0.05) is 12.6 Å². The van der Waals surface area contributed by atoms with Gasteiger partial charge in [0.25, 0.3) is 0 Å². The molecule has 0 saturated heterocycles. The number of benzene rings is 1. The molecule has 0 aliphatic heterocycles.